The van der Waals surface area contributed by atoms with E-state index < -0.39 is 0 Å². The first-order valence-electron chi connectivity index (χ1n) is 6.99. The second-order valence-electron chi connectivity index (χ2n) is 5.32. The average molecular weight is 346 g/mol. The van der Waals surface area contributed by atoms with Crippen LogP contribution in [0.15, 0.2) is 12.1 Å². The third-order valence-electron chi connectivity index (χ3n) is 4.02. The van der Waals surface area contributed by atoms with Gasteiger partial charge in [-0.05, 0) is 30.4 Å². The Bertz CT molecular complexity index is 458. The van der Waals surface area contributed by atoms with Crippen LogP contribution in [0.3, 0.4) is 0 Å². The smallest absolute Gasteiger partial charge is 0.162 e. The van der Waals surface area contributed by atoms with Crippen LogP contribution in [-0.4, -0.2) is 13.2 Å². The summed E-state index contributed by atoms with van der Waals surface area (Å²) in [7, 11) is 0. The van der Waals surface area contributed by atoms with E-state index in [0.29, 0.717) is 24.0 Å². The minimum atomic E-state index is 0.316. The van der Waals surface area contributed by atoms with Gasteiger partial charge in [-0.25, -0.2) is 0 Å². The highest BCUT2D eigenvalue weighted by molar-refractivity contribution is 9.09. The number of benzene rings is 1. The van der Waals surface area contributed by atoms with E-state index in [1.54, 1.807) is 0 Å². The quantitative estimate of drug-likeness (QED) is 0.692. The molecule has 0 radical (unpaired) electrons. The van der Waals surface area contributed by atoms with Crippen molar-refractivity contribution >= 4 is 27.5 Å². The van der Waals surface area contributed by atoms with Crippen molar-refractivity contribution < 1.29 is 9.47 Å². The third kappa shape index (κ3) is 2.87. The van der Waals surface area contributed by atoms with E-state index in [0.717, 1.165) is 22.1 Å². The lowest BCUT2D eigenvalue weighted by molar-refractivity contribution is 0.171. The topological polar surface area (TPSA) is 18.5 Å². The highest BCUT2D eigenvalue weighted by Crippen LogP contribution is 2.46. The molecule has 1 unspecified atom stereocenters. The predicted octanol–water partition coefficient (Wildman–Crippen LogP) is 5.13. The van der Waals surface area contributed by atoms with Crippen molar-refractivity contribution in [1.29, 1.82) is 0 Å². The van der Waals surface area contributed by atoms with Crippen molar-refractivity contribution in [3.05, 3.63) is 22.7 Å². The molecule has 1 aromatic rings. The minimum absolute atomic E-state index is 0.316. The van der Waals surface area contributed by atoms with E-state index >= 15 is 0 Å². The summed E-state index contributed by atoms with van der Waals surface area (Å²) in [6, 6.07) is 3.94. The van der Waals surface area contributed by atoms with Gasteiger partial charge in [-0.2, -0.15) is 0 Å². The van der Waals surface area contributed by atoms with Gasteiger partial charge in [-0.1, -0.05) is 46.8 Å². The van der Waals surface area contributed by atoms with Crippen molar-refractivity contribution in [2.75, 3.05) is 13.2 Å². The zero-order valence-electron chi connectivity index (χ0n) is 10.8. The molecule has 1 heterocycles. The lowest BCUT2D eigenvalue weighted by Crippen LogP contribution is -2.17. The first-order valence-corrected chi connectivity index (χ1v) is 8.28. The Morgan fingerprint density at radius 3 is 2.37 bits per heavy atom. The van der Waals surface area contributed by atoms with Gasteiger partial charge in [0, 0.05) is 15.9 Å². The lowest BCUT2D eigenvalue weighted by Gasteiger charge is -2.28. The third-order valence-corrected chi connectivity index (χ3v) is 5.59. The Morgan fingerprint density at radius 1 is 1.05 bits per heavy atom. The van der Waals surface area contributed by atoms with Crippen molar-refractivity contribution in [3.8, 4) is 11.5 Å². The molecule has 1 aliphatic carbocycles. The first-order chi connectivity index (χ1) is 9.25. The van der Waals surface area contributed by atoms with E-state index in [2.05, 4.69) is 15.9 Å². The fourth-order valence-electron chi connectivity index (χ4n) is 2.97. The van der Waals surface area contributed by atoms with Gasteiger partial charge in [0.1, 0.15) is 13.2 Å². The molecule has 3 rings (SSSR count). The van der Waals surface area contributed by atoms with Gasteiger partial charge < -0.3 is 9.47 Å². The standard InChI is InChI=1S/C15H18BrClO2/c16-15(10-4-2-1-3-5-10)11-8-13-14(9-12(11)17)19-7-6-18-13/h8-10,15H,1-7H2. The maximum atomic E-state index is 6.41. The summed E-state index contributed by atoms with van der Waals surface area (Å²) in [6.07, 6.45) is 6.58. The molecule has 1 atom stereocenters. The molecule has 1 aromatic carbocycles. The fourth-order valence-corrected chi connectivity index (χ4v) is 4.28. The monoisotopic (exact) mass is 344 g/mol. The zero-order chi connectivity index (χ0) is 13.2. The number of halogens is 2. The summed E-state index contributed by atoms with van der Waals surface area (Å²) in [5.41, 5.74) is 1.14. The van der Waals surface area contributed by atoms with E-state index in [1.165, 1.54) is 32.1 Å². The minimum Gasteiger partial charge on any atom is -0.486 e. The van der Waals surface area contributed by atoms with Crippen LogP contribution >= 0.6 is 27.5 Å². The lowest BCUT2D eigenvalue weighted by atomic mass is 9.84. The van der Waals surface area contributed by atoms with E-state index in [4.69, 9.17) is 21.1 Å². The molecular weight excluding hydrogens is 328 g/mol. The molecule has 0 saturated heterocycles. The largest absolute Gasteiger partial charge is 0.486 e. The van der Waals surface area contributed by atoms with E-state index in [9.17, 15) is 0 Å². The average Bonchev–Trinajstić information content (AvgIpc) is 2.47. The highest BCUT2D eigenvalue weighted by atomic mass is 79.9. The van der Waals surface area contributed by atoms with E-state index in [1.807, 2.05) is 12.1 Å². The highest BCUT2D eigenvalue weighted by Gasteiger charge is 2.26. The van der Waals surface area contributed by atoms with Gasteiger partial charge >= 0.3 is 0 Å². The number of fused-ring (bicyclic) bond motifs is 1. The normalized spacial score (nSPS) is 21.2. The molecule has 104 valence electrons. The number of rotatable bonds is 2. The summed E-state index contributed by atoms with van der Waals surface area (Å²) in [5, 5.41) is 0.775. The second kappa shape index (κ2) is 5.92. The van der Waals surface area contributed by atoms with Crippen LogP contribution in [0.2, 0.25) is 5.02 Å². The fraction of sp³-hybridized carbons (Fsp3) is 0.600. The van der Waals surface area contributed by atoms with Crippen molar-refractivity contribution in [1.82, 2.24) is 0 Å². The number of alkyl halides is 1. The molecule has 2 aliphatic rings. The molecule has 1 fully saturated rings. The van der Waals surface area contributed by atoms with Gasteiger partial charge in [-0.3, -0.25) is 0 Å². The number of hydrogen-bond acceptors (Lipinski definition) is 2. The van der Waals surface area contributed by atoms with Gasteiger partial charge in [0.05, 0.1) is 0 Å². The Morgan fingerprint density at radius 2 is 1.68 bits per heavy atom. The molecule has 0 bridgehead atoms. The maximum absolute atomic E-state index is 6.41. The first kappa shape index (κ1) is 13.6. The molecule has 19 heavy (non-hydrogen) atoms. The van der Waals surface area contributed by atoms with Crippen LogP contribution in [-0.2, 0) is 0 Å². The summed E-state index contributed by atoms with van der Waals surface area (Å²) < 4.78 is 11.2. The molecule has 4 heteroatoms. The van der Waals surface area contributed by atoms with Gasteiger partial charge in [0.2, 0.25) is 0 Å². The van der Waals surface area contributed by atoms with Crippen LogP contribution in [0, 0.1) is 5.92 Å². The predicted molar refractivity (Wildman–Crippen MR) is 80.7 cm³/mol. The zero-order valence-corrected chi connectivity index (χ0v) is 13.2. The number of ether oxygens (including phenoxy) is 2. The Balaban J connectivity index is 1.86. The van der Waals surface area contributed by atoms with Crippen LogP contribution in [0.1, 0.15) is 42.5 Å². The molecule has 0 amide bonds. The van der Waals surface area contributed by atoms with Crippen LogP contribution < -0.4 is 9.47 Å². The molecule has 0 spiro atoms. The van der Waals surface area contributed by atoms with E-state index in [-0.39, 0.29) is 0 Å². The Kier molecular flexibility index (Phi) is 4.23. The van der Waals surface area contributed by atoms with Gasteiger partial charge in [0.25, 0.3) is 0 Å². The summed E-state index contributed by atoms with van der Waals surface area (Å²) in [4.78, 5) is 0.316. The summed E-state index contributed by atoms with van der Waals surface area (Å²) in [6.45, 7) is 1.22. The molecule has 1 saturated carbocycles. The maximum Gasteiger partial charge on any atom is 0.162 e. The SMILES string of the molecule is Clc1cc2c(cc1C(Br)C1CCCCC1)OCCO2. The second-order valence-corrected chi connectivity index (χ2v) is 6.71. The van der Waals surface area contributed by atoms with Crippen molar-refractivity contribution in [2.45, 2.75) is 36.9 Å². The molecule has 0 aromatic heterocycles. The summed E-state index contributed by atoms with van der Waals surface area (Å²) >= 11 is 10.3. The number of hydrogen-bond donors (Lipinski definition) is 0. The van der Waals surface area contributed by atoms with Gasteiger partial charge in [0.15, 0.2) is 11.5 Å². The van der Waals surface area contributed by atoms with Crippen molar-refractivity contribution in [2.24, 2.45) is 5.92 Å². The van der Waals surface area contributed by atoms with Gasteiger partial charge in [-0.15, -0.1) is 0 Å². The van der Waals surface area contributed by atoms with Crippen LogP contribution in [0.5, 0.6) is 11.5 Å². The van der Waals surface area contributed by atoms with Crippen LogP contribution in [0.4, 0.5) is 0 Å². The Labute approximate surface area is 127 Å². The summed E-state index contributed by atoms with van der Waals surface area (Å²) in [5.74, 6) is 2.27. The molecular formula is C15H18BrClO2. The molecule has 2 nitrogen and oxygen atoms in total. The van der Waals surface area contributed by atoms with Crippen LogP contribution in [0.25, 0.3) is 0 Å². The Hall–Kier alpha value is -0.410. The molecule has 0 N–H and O–H groups in total. The van der Waals surface area contributed by atoms with Crippen molar-refractivity contribution in [3.63, 3.8) is 0 Å². The molecule has 1 aliphatic heterocycles.